The number of anilines is 1. The Morgan fingerprint density at radius 2 is 2.10 bits per heavy atom. The topological polar surface area (TPSA) is 56.3 Å². The van der Waals surface area contributed by atoms with E-state index in [4.69, 9.17) is 10.5 Å². The molecule has 0 saturated carbocycles. The first-order valence-electron chi connectivity index (χ1n) is 7.23. The average molecular weight is 288 g/mol. The van der Waals surface area contributed by atoms with Gasteiger partial charge < -0.3 is 15.4 Å². The summed E-state index contributed by atoms with van der Waals surface area (Å²) in [6, 6.07) is 10.2. The predicted octanol–water partition coefficient (Wildman–Crippen LogP) is 2.09. The number of aromatic nitrogens is 2. The molecule has 0 aliphatic carbocycles. The zero-order valence-electron chi connectivity index (χ0n) is 13.0. The molecule has 5 heteroatoms. The smallest absolute Gasteiger partial charge is 0.142 e. The highest BCUT2D eigenvalue weighted by atomic mass is 16.5. The fourth-order valence-electron chi connectivity index (χ4n) is 2.47. The Kier molecular flexibility index (Phi) is 5.22. The normalized spacial score (nSPS) is 10.7. The van der Waals surface area contributed by atoms with E-state index in [1.165, 1.54) is 5.69 Å². The van der Waals surface area contributed by atoms with Gasteiger partial charge in [-0.1, -0.05) is 12.1 Å². The summed E-state index contributed by atoms with van der Waals surface area (Å²) in [7, 11) is 3.68. The number of hydrogen-bond donors (Lipinski definition) is 1. The summed E-state index contributed by atoms with van der Waals surface area (Å²) in [5.41, 5.74) is 8.98. The lowest BCUT2D eigenvalue weighted by Crippen LogP contribution is -2.27. The fourth-order valence-corrected chi connectivity index (χ4v) is 2.47. The molecule has 0 radical (unpaired) electrons. The molecule has 0 spiro atoms. The van der Waals surface area contributed by atoms with Crippen LogP contribution in [0.3, 0.4) is 0 Å². The third-order valence-corrected chi connectivity index (χ3v) is 3.51. The highest BCUT2D eigenvalue weighted by Gasteiger charge is 2.14. The molecule has 21 heavy (non-hydrogen) atoms. The standard InChI is InChI=1S/C16H24N4O/c1-13-11-14(19(2)18-13)12-20(10-6-9-17)15-7-4-5-8-16(15)21-3/h4-5,7-8,11H,6,9-10,12,17H2,1-3H3. The van der Waals surface area contributed by atoms with Crippen LogP contribution in [0, 0.1) is 6.92 Å². The quantitative estimate of drug-likeness (QED) is 0.847. The number of hydrogen-bond acceptors (Lipinski definition) is 4. The van der Waals surface area contributed by atoms with E-state index in [0.29, 0.717) is 6.54 Å². The van der Waals surface area contributed by atoms with Crippen LogP contribution in [0.25, 0.3) is 0 Å². The van der Waals surface area contributed by atoms with Crippen molar-refractivity contribution in [2.24, 2.45) is 12.8 Å². The van der Waals surface area contributed by atoms with Gasteiger partial charge in [0, 0.05) is 13.6 Å². The van der Waals surface area contributed by atoms with Crippen LogP contribution in [-0.2, 0) is 13.6 Å². The summed E-state index contributed by atoms with van der Waals surface area (Å²) in [6.45, 7) is 4.37. The number of benzene rings is 1. The summed E-state index contributed by atoms with van der Waals surface area (Å²) in [5.74, 6) is 0.883. The largest absolute Gasteiger partial charge is 0.495 e. The molecule has 0 aliphatic heterocycles. The lowest BCUT2D eigenvalue weighted by molar-refractivity contribution is 0.414. The number of nitrogens with zero attached hydrogens (tertiary/aromatic N) is 3. The molecule has 1 aromatic carbocycles. The molecule has 114 valence electrons. The Hall–Kier alpha value is -2.01. The maximum Gasteiger partial charge on any atom is 0.142 e. The molecule has 5 nitrogen and oxygen atoms in total. The van der Waals surface area contributed by atoms with Gasteiger partial charge >= 0.3 is 0 Å². The summed E-state index contributed by atoms with van der Waals surface area (Å²) in [4.78, 5) is 2.29. The molecule has 0 unspecified atom stereocenters. The number of para-hydroxylation sites is 2. The minimum Gasteiger partial charge on any atom is -0.495 e. The molecule has 1 aromatic heterocycles. The van der Waals surface area contributed by atoms with Gasteiger partial charge in [0.15, 0.2) is 0 Å². The Morgan fingerprint density at radius 3 is 2.71 bits per heavy atom. The van der Waals surface area contributed by atoms with Crippen LogP contribution in [0.5, 0.6) is 5.75 Å². The van der Waals surface area contributed by atoms with E-state index in [1.807, 2.05) is 36.9 Å². The van der Waals surface area contributed by atoms with Gasteiger partial charge in [-0.3, -0.25) is 4.68 Å². The Morgan fingerprint density at radius 1 is 1.33 bits per heavy atom. The Labute approximate surface area is 126 Å². The van der Waals surface area contributed by atoms with Gasteiger partial charge in [-0.15, -0.1) is 0 Å². The van der Waals surface area contributed by atoms with Gasteiger partial charge in [0.05, 0.1) is 30.7 Å². The lowest BCUT2D eigenvalue weighted by Gasteiger charge is -2.26. The predicted molar refractivity (Wildman–Crippen MR) is 85.7 cm³/mol. The third kappa shape index (κ3) is 3.76. The van der Waals surface area contributed by atoms with Crippen LogP contribution in [0.4, 0.5) is 5.69 Å². The van der Waals surface area contributed by atoms with Crippen LogP contribution in [-0.4, -0.2) is 30.0 Å². The summed E-state index contributed by atoms with van der Waals surface area (Å²) < 4.78 is 7.41. The van der Waals surface area contributed by atoms with E-state index >= 15 is 0 Å². The van der Waals surface area contributed by atoms with Gasteiger partial charge in [-0.2, -0.15) is 5.10 Å². The maximum atomic E-state index is 5.68. The van der Waals surface area contributed by atoms with E-state index in [0.717, 1.165) is 36.6 Å². The molecule has 0 amide bonds. The van der Waals surface area contributed by atoms with E-state index in [1.54, 1.807) is 7.11 Å². The second kappa shape index (κ2) is 7.13. The van der Waals surface area contributed by atoms with E-state index in [2.05, 4.69) is 22.1 Å². The molecule has 0 bridgehead atoms. The molecule has 2 aromatic rings. The van der Waals surface area contributed by atoms with Crippen molar-refractivity contribution in [1.82, 2.24) is 9.78 Å². The maximum absolute atomic E-state index is 5.68. The minimum absolute atomic E-state index is 0.677. The lowest BCUT2D eigenvalue weighted by atomic mass is 10.2. The molecule has 0 atom stereocenters. The van der Waals surface area contributed by atoms with Crippen molar-refractivity contribution in [3.63, 3.8) is 0 Å². The summed E-state index contributed by atoms with van der Waals surface area (Å²) in [5, 5.41) is 4.41. The van der Waals surface area contributed by atoms with Crippen molar-refractivity contribution in [1.29, 1.82) is 0 Å². The number of aryl methyl sites for hydroxylation is 2. The zero-order chi connectivity index (χ0) is 15.2. The van der Waals surface area contributed by atoms with Crippen LogP contribution < -0.4 is 15.4 Å². The van der Waals surface area contributed by atoms with Crippen LogP contribution >= 0.6 is 0 Å². The first-order valence-corrected chi connectivity index (χ1v) is 7.23. The number of nitrogens with two attached hydrogens (primary N) is 1. The van der Waals surface area contributed by atoms with Gasteiger partial charge in [0.1, 0.15) is 5.75 Å². The molecule has 1 heterocycles. The van der Waals surface area contributed by atoms with Gasteiger partial charge in [-0.05, 0) is 38.1 Å². The van der Waals surface area contributed by atoms with Crippen LogP contribution in [0.1, 0.15) is 17.8 Å². The first kappa shape index (κ1) is 15.4. The van der Waals surface area contributed by atoms with Crippen LogP contribution in [0.15, 0.2) is 30.3 Å². The molecule has 0 saturated heterocycles. The highest BCUT2D eigenvalue weighted by molar-refractivity contribution is 5.58. The van der Waals surface area contributed by atoms with E-state index in [-0.39, 0.29) is 0 Å². The van der Waals surface area contributed by atoms with Crippen LogP contribution in [0.2, 0.25) is 0 Å². The zero-order valence-corrected chi connectivity index (χ0v) is 13.0. The van der Waals surface area contributed by atoms with Crippen molar-refractivity contribution in [3.05, 3.63) is 41.7 Å². The van der Waals surface area contributed by atoms with Crippen molar-refractivity contribution in [3.8, 4) is 5.75 Å². The Balaban J connectivity index is 2.27. The van der Waals surface area contributed by atoms with Crippen molar-refractivity contribution in [2.75, 3.05) is 25.1 Å². The molecule has 2 N–H and O–H groups in total. The number of rotatable bonds is 7. The van der Waals surface area contributed by atoms with E-state index < -0.39 is 0 Å². The minimum atomic E-state index is 0.677. The highest BCUT2D eigenvalue weighted by Crippen LogP contribution is 2.29. The third-order valence-electron chi connectivity index (χ3n) is 3.51. The second-order valence-corrected chi connectivity index (χ2v) is 5.14. The SMILES string of the molecule is COc1ccccc1N(CCCN)Cc1cc(C)nn1C. The summed E-state index contributed by atoms with van der Waals surface area (Å²) >= 11 is 0. The molecular formula is C16H24N4O. The second-order valence-electron chi connectivity index (χ2n) is 5.14. The Bertz CT molecular complexity index is 579. The fraction of sp³-hybridized carbons (Fsp3) is 0.438. The first-order chi connectivity index (χ1) is 10.2. The van der Waals surface area contributed by atoms with Gasteiger partial charge in [0.25, 0.3) is 0 Å². The van der Waals surface area contributed by atoms with Crippen molar-refractivity contribution < 1.29 is 4.74 Å². The number of ether oxygens (including phenoxy) is 1. The van der Waals surface area contributed by atoms with Crippen molar-refractivity contribution in [2.45, 2.75) is 19.9 Å². The summed E-state index contributed by atoms with van der Waals surface area (Å²) in [6.07, 6.45) is 0.939. The van der Waals surface area contributed by atoms with Crippen molar-refractivity contribution >= 4 is 5.69 Å². The molecular weight excluding hydrogens is 264 g/mol. The van der Waals surface area contributed by atoms with Gasteiger partial charge in [-0.25, -0.2) is 0 Å². The molecule has 0 aliphatic rings. The average Bonchev–Trinajstić information content (AvgIpc) is 2.81. The molecule has 0 fully saturated rings. The van der Waals surface area contributed by atoms with E-state index in [9.17, 15) is 0 Å². The monoisotopic (exact) mass is 288 g/mol. The number of methoxy groups -OCH3 is 1. The molecule has 2 rings (SSSR count). The van der Waals surface area contributed by atoms with Gasteiger partial charge in [0.2, 0.25) is 0 Å².